The van der Waals surface area contributed by atoms with E-state index in [2.05, 4.69) is 5.32 Å². The van der Waals surface area contributed by atoms with Gasteiger partial charge in [-0.2, -0.15) is 5.10 Å². The molecule has 1 aromatic heterocycles. The maximum atomic E-state index is 13.1. The van der Waals surface area contributed by atoms with Gasteiger partial charge < -0.3 is 5.32 Å². The summed E-state index contributed by atoms with van der Waals surface area (Å²) in [4.78, 5) is 13.1. The van der Waals surface area contributed by atoms with Crippen LogP contribution in [-0.4, -0.2) is 15.7 Å². The molecule has 0 unspecified atom stereocenters. The molecule has 4 rings (SSSR count). The molecular weight excluding hydrogens is 377 g/mol. The maximum Gasteiger partial charge on any atom is 0.270 e. The van der Waals surface area contributed by atoms with Crippen LogP contribution in [0.3, 0.4) is 0 Å². The van der Waals surface area contributed by atoms with Crippen molar-refractivity contribution in [2.45, 2.75) is 20.4 Å². The number of rotatable bonds is 5. The zero-order chi connectivity index (χ0) is 21.1. The molecule has 1 N–H and O–H groups in total. The van der Waals surface area contributed by atoms with Crippen LogP contribution in [0.25, 0.3) is 16.9 Å². The molecule has 0 saturated carbocycles. The lowest BCUT2D eigenvalue weighted by atomic mass is 10.1. The summed E-state index contributed by atoms with van der Waals surface area (Å²) < 4.78 is 14.8. The van der Waals surface area contributed by atoms with Gasteiger partial charge in [-0.25, -0.2) is 9.07 Å². The van der Waals surface area contributed by atoms with Crippen molar-refractivity contribution in [2.75, 3.05) is 0 Å². The second-order valence-electron chi connectivity index (χ2n) is 7.29. The van der Waals surface area contributed by atoms with Crippen molar-refractivity contribution in [3.05, 3.63) is 107 Å². The van der Waals surface area contributed by atoms with E-state index in [1.807, 2.05) is 62.4 Å². The number of nitrogens with one attached hydrogen (secondary N) is 1. The Morgan fingerprint density at radius 1 is 0.967 bits per heavy atom. The van der Waals surface area contributed by atoms with Gasteiger partial charge in [0.2, 0.25) is 0 Å². The van der Waals surface area contributed by atoms with E-state index in [4.69, 9.17) is 5.10 Å². The molecule has 0 saturated heterocycles. The molecule has 0 atom stereocenters. The Morgan fingerprint density at radius 2 is 1.70 bits per heavy atom. The van der Waals surface area contributed by atoms with Crippen LogP contribution in [0.5, 0.6) is 0 Å². The van der Waals surface area contributed by atoms with Gasteiger partial charge >= 0.3 is 0 Å². The number of hydrogen-bond acceptors (Lipinski definition) is 2. The number of aryl methyl sites for hydroxylation is 2. The summed E-state index contributed by atoms with van der Waals surface area (Å²) in [6.45, 7) is 4.31. The van der Waals surface area contributed by atoms with E-state index in [9.17, 15) is 9.18 Å². The molecule has 0 aliphatic rings. The monoisotopic (exact) mass is 399 g/mol. The highest BCUT2D eigenvalue weighted by Crippen LogP contribution is 2.24. The van der Waals surface area contributed by atoms with Gasteiger partial charge in [-0.1, -0.05) is 54.6 Å². The van der Waals surface area contributed by atoms with E-state index in [0.29, 0.717) is 12.2 Å². The summed E-state index contributed by atoms with van der Waals surface area (Å²) in [6.07, 6.45) is 0. The Bertz CT molecular complexity index is 1180. The normalized spacial score (nSPS) is 10.8. The summed E-state index contributed by atoms with van der Waals surface area (Å²) >= 11 is 0. The largest absolute Gasteiger partial charge is 0.347 e. The van der Waals surface area contributed by atoms with Crippen LogP contribution in [0, 0.1) is 19.7 Å². The molecule has 150 valence electrons. The first-order valence-corrected chi connectivity index (χ1v) is 9.77. The molecule has 0 aliphatic carbocycles. The molecule has 30 heavy (non-hydrogen) atoms. The first kappa shape index (κ1) is 19.6. The number of aromatic nitrogens is 2. The maximum absolute atomic E-state index is 13.1. The molecule has 3 aromatic carbocycles. The van der Waals surface area contributed by atoms with Crippen LogP contribution in [-0.2, 0) is 6.54 Å². The zero-order valence-corrected chi connectivity index (χ0v) is 16.9. The van der Waals surface area contributed by atoms with Crippen molar-refractivity contribution in [2.24, 2.45) is 0 Å². The second kappa shape index (κ2) is 8.33. The first-order valence-electron chi connectivity index (χ1n) is 9.77. The van der Waals surface area contributed by atoms with Gasteiger partial charge in [0.15, 0.2) is 0 Å². The fourth-order valence-electron chi connectivity index (χ4n) is 3.30. The Balaban J connectivity index is 1.71. The molecule has 4 nitrogen and oxygen atoms in total. The number of halogens is 1. The van der Waals surface area contributed by atoms with Crippen LogP contribution < -0.4 is 5.32 Å². The van der Waals surface area contributed by atoms with Gasteiger partial charge in [-0.3, -0.25) is 4.79 Å². The average Bonchev–Trinajstić information content (AvgIpc) is 3.21. The van der Waals surface area contributed by atoms with Gasteiger partial charge in [0.1, 0.15) is 11.5 Å². The number of benzene rings is 3. The Morgan fingerprint density at radius 3 is 2.43 bits per heavy atom. The predicted octanol–water partition coefficient (Wildman–Crippen LogP) is 5.23. The Hall–Kier alpha value is -3.73. The van der Waals surface area contributed by atoms with Gasteiger partial charge in [-0.05, 0) is 54.8 Å². The highest BCUT2D eigenvalue weighted by molar-refractivity contribution is 5.94. The molecule has 0 radical (unpaired) electrons. The van der Waals surface area contributed by atoms with E-state index in [1.54, 1.807) is 22.9 Å². The molecule has 1 heterocycles. The average molecular weight is 399 g/mol. The van der Waals surface area contributed by atoms with Crippen molar-refractivity contribution >= 4 is 5.91 Å². The highest BCUT2D eigenvalue weighted by Gasteiger charge is 2.18. The minimum absolute atomic E-state index is 0.241. The summed E-state index contributed by atoms with van der Waals surface area (Å²) in [5, 5.41) is 7.67. The summed E-state index contributed by atoms with van der Waals surface area (Å²) in [5.74, 6) is -0.541. The summed E-state index contributed by atoms with van der Waals surface area (Å²) in [6, 6.07) is 23.7. The molecule has 1 amide bonds. The van der Waals surface area contributed by atoms with Crippen LogP contribution in [0.2, 0.25) is 0 Å². The molecular formula is C25H22FN3O. The van der Waals surface area contributed by atoms with Crippen LogP contribution in [0.15, 0.2) is 78.9 Å². The van der Waals surface area contributed by atoms with Crippen molar-refractivity contribution in [3.63, 3.8) is 0 Å². The lowest BCUT2D eigenvalue weighted by molar-refractivity contribution is 0.0943. The van der Waals surface area contributed by atoms with Crippen molar-refractivity contribution < 1.29 is 9.18 Å². The van der Waals surface area contributed by atoms with E-state index in [1.165, 1.54) is 12.1 Å². The number of amides is 1. The third kappa shape index (κ3) is 4.15. The zero-order valence-electron chi connectivity index (χ0n) is 16.9. The summed E-state index contributed by atoms with van der Waals surface area (Å²) in [7, 11) is 0. The second-order valence-corrected chi connectivity index (χ2v) is 7.29. The fourth-order valence-corrected chi connectivity index (χ4v) is 3.30. The number of nitrogens with zero attached hydrogens (tertiary/aromatic N) is 2. The van der Waals surface area contributed by atoms with Crippen LogP contribution in [0.1, 0.15) is 27.2 Å². The Labute approximate surface area is 175 Å². The van der Waals surface area contributed by atoms with Crippen molar-refractivity contribution in [1.82, 2.24) is 15.1 Å². The molecule has 0 bridgehead atoms. The topological polar surface area (TPSA) is 46.9 Å². The number of carbonyl (C=O) groups is 1. The van der Waals surface area contributed by atoms with Gasteiger partial charge in [0, 0.05) is 12.1 Å². The molecule has 0 aliphatic heterocycles. The third-order valence-corrected chi connectivity index (χ3v) is 4.97. The smallest absolute Gasteiger partial charge is 0.270 e. The number of carbonyl (C=O) groups excluding carboxylic acids is 1. The van der Waals surface area contributed by atoms with Crippen molar-refractivity contribution in [3.8, 4) is 16.9 Å². The predicted molar refractivity (Wildman–Crippen MR) is 116 cm³/mol. The summed E-state index contributed by atoms with van der Waals surface area (Å²) in [5.41, 5.74) is 5.91. The molecule has 0 spiro atoms. The van der Waals surface area contributed by atoms with Gasteiger partial charge in [-0.15, -0.1) is 0 Å². The SMILES string of the molecule is Cc1ccc(C)c(-n2nc(-c3ccccc3)cc2C(=O)NCc2ccc(F)cc2)c1. The minimum Gasteiger partial charge on any atom is -0.347 e. The lowest BCUT2D eigenvalue weighted by Gasteiger charge is -2.11. The quantitative estimate of drug-likeness (QED) is 0.500. The first-order chi connectivity index (χ1) is 14.5. The lowest BCUT2D eigenvalue weighted by Crippen LogP contribution is -2.25. The van der Waals surface area contributed by atoms with Crippen LogP contribution >= 0.6 is 0 Å². The van der Waals surface area contributed by atoms with E-state index >= 15 is 0 Å². The number of hydrogen-bond donors (Lipinski definition) is 1. The van der Waals surface area contributed by atoms with Gasteiger partial charge in [0.25, 0.3) is 5.91 Å². The molecule has 4 aromatic rings. The van der Waals surface area contributed by atoms with Gasteiger partial charge in [0.05, 0.1) is 11.4 Å². The minimum atomic E-state index is -0.300. The third-order valence-electron chi connectivity index (χ3n) is 4.97. The molecule has 5 heteroatoms. The van der Waals surface area contributed by atoms with E-state index in [0.717, 1.165) is 33.6 Å². The standard InChI is InChI=1S/C25H22FN3O/c1-17-8-9-18(2)23(14-17)29-24(15-22(28-29)20-6-4-3-5-7-20)25(30)27-16-19-10-12-21(26)13-11-19/h3-15H,16H2,1-2H3,(H,27,30). The Kier molecular flexibility index (Phi) is 5.44. The van der Waals surface area contributed by atoms with Crippen molar-refractivity contribution in [1.29, 1.82) is 0 Å². The van der Waals surface area contributed by atoms with Crippen LogP contribution in [0.4, 0.5) is 4.39 Å². The fraction of sp³-hybridized carbons (Fsp3) is 0.120. The highest BCUT2D eigenvalue weighted by atomic mass is 19.1. The van der Waals surface area contributed by atoms with E-state index in [-0.39, 0.29) is 11.7 Å². The molecule has 0 fully saturated rings. The van der Waals surface area contributed by atoms with E-state index < -0.39 is 0 Å².